The van der Waals surface area contributed by atoms with Crippen molar-refractivity contribution in [2.75, 3.05) is 5.32 Å². The quantitative estimate of drug-likeness (QED) is 0.178. The third-order valence-corrected chi connectivity index (χ3v) is 12.0. The van der Waals surface area contributed by atoms with Gasteiger partial charge in [-0.05, 0) is 98.0 Å². The molecule has 1 aromatic heterocycles. The summed E-state index contributed by atoms with van der Waals surface area (Å²) in [5.74, 6) is 0. The predicted octanol–water partition coefficient (Wildman–Crippen LogP) is 11.5. The standard InChI is InChI=1S/C51H37BN2/c1-51(2)42-25-13-11-23-36(42)38-29-39(45(31-43(38)51)53-33-19-7-4-8-20-33)41-30-40(35-22-10-9-21-34(35)32-17-5-3-6-18-32)48-37-24-12-15-27-46(37)54-47-28-16-14-26-44(47)52-49(41)50(48)54/h3-31,52-53H,1-2H3. The molecule has 0 spiro atoms. The van der Waals surface area contributed by atoms with E-state index in [2.05, 4.69) is 200 Å². The van der Waals surface area contributed by atoms with Crippen LogP contribution >= 0.6 is 0 Å². The van der Waals surface area contributed by atoms with E-state index in [4.69, 9.17) is 0 Å². The van der Waals surface area contributed by atoms with Gasteiger partial charge in [0.05, 0.1) is 5.52 Å². The van der Waals surface area contributed by atoms with Gasteiger partial charge in [-0.1, -0.05) is 153 Å². The molecule has 2 nitrogen and oxygen atoms in total. The lowest BCUT2D eigenvalue weighted by molar-refractivity contribution is 0.660. The largest absolute Gasteiger partial charge is 0.355 e. The second-order valence-corrected chi connectivity index (χ2v) is 15.3. The van der Waals surface area contributed by atoms with E-state index in [9.17, 15) is 0 Å². The topological polar surface area (TPSA) is 17.0 Å². The van der Waals surface area contributed by atoms with Crippen molar-refractivity contribution in [3.05, 3.63) is 187 Å². The number of benzene rings is 8. The van der Waals surface area contributed by atoms with Crippen molar-refractivity contribution in [2.24, 2.45) is 0 Å². The average Bonchev–Trinajstić information content (AvgIpc) is 3.68. The van der Waals surface area contributed by atoms with Crippen LogP contribution in [0.25, 0.3) is 72.0 Å². The maximum Gasteiger partial charge on any atom is 0.198 e. The molecule has 8 aromatic carbocycles. The van der Waals surface area contributed by atoms with Crippen molar-refractivity contribution < 1.29 is 0 Å². The highest BCUT2D eigenvalue weighted by atomic mass is 15.0. The molecule has 0 bridgehead atoms. The van der Waals surface area contributed by atoms with Gasteiger partial charge in [0.15, 0.2) is 7.28 Å². The fraction of sp³-hybridized carbons (Fsp3) is 0.0588. The minimum Gasteiger partial charge on any atom is -0.355 e. The Labute approximate surface area is 316 Å². The fourth-order valence-corrected chi connectivity index (χ4v) is 9.52. The first-order chi connectivity index (χ1) is 26.6. The monoisotopic (exact) mass is 688 g/mol. The summed E-state index contributed by atoms with van der Waals surface area (Å²) in [6, 6.07) is 64.8. The molecular formula is C51H37BN2. The second-order valence-electron chi connectivity index (χ2n) is 15.3. The molecule has 11 rings (SSSR count). The van der Waals surface area contributed by atoms with Crippen LogP contribution in [0.15, 0.2) is 176 Å². The third-order valence-electron chi connectivity index (χ3n) is 12.0. The number of fused-ring (bicyclic) bond motifs is 8. The summed E-state index contributed by atoms with van der Waals surface area (Å²) in [6.07, 6.45) is 0. The van der Waals surface area contributed by atoms with Crippen LogP contribution in [-0.2, 0) is 5.41 Å². The van der Waals surface area contributed by atoms with Crippen LogP contribution in [0.5, 0.6) is 0 Å². The van der Waals surface area contributed by atoms with E-state index >= 15 is 0 Å². The Balaban J connectivity index is 1.30. The van der Waals surface area contributed by atoms with Crippen LogP contribution in [0.2, 0.25) is 0 Å². The van der Waals surface area contributed by atoms with Crippen LogP contribution < -0.4 is 16.2 Å². The first-order valence-corrected chi connectivity index (χ1v) is 19.0. The van der Waals surface area contributed by atoms with Crippen LogP contribution in [0.1, 0.15) is 25.0 Å². The van der Waals surface area contributed by atoms with E-state index in [-0.39, 0.29) is 5.41 Å². The van der Waals surface area contributed by atoms with Crippen molar-refractivity contribution in [3.8, 4) is 50.2 Å². The van der Waals surface area contributed by atoms with E-state index < -0.39 is 0 Å². The molecule has 0 atom stereocenters. The van der Waals surface area contributed by atoms with Crippen LogP contribution in [0.3, 0.4) is 0 Å². The number of hydrogen-bond donors (Lipinski definition) is 1. The SMILES string of the molecule is CC1(C)c2ccccc2-c2cc(-c3cc(-c4ccccc4-c4ccccc4)c4c5ccccc5n5c4c3Bc3ccccc3-5)c(Nc3ccccc3)cc21. The summed E-state index contributed by atoms with van der Waals surface area (Å²) in [5.41, 5.74) is 21.4. The molecular weight excluding hydrogens is 651 g/mol. The van der Waals surface area contributed by atoms with E-state index in [1.165, 1.54) is 94.1 Å². The minimum atomic E-state index is -0.124. The summed E-state index contributed by atoms with van der Waals surface area (Å²) in [5, 5.41) is 6.52. The molecule has 1 aliphatic carbocycles. The average molecular weight is 689 g/mol. The Morgan fingerprint density at radius 1 is 0.500 bits per heavy atom. The third kappa shape index (κ3) is 4.48. The lowest BCUT2D eigenvalue weighted by atomic mass is 9.58. The molecule has 1 aliphatic heterocycles. The molecule has 0 saturated carbocycles. The molecule has 2 heterocycles. The number of rotatable bonds is 5. The normalized spacial score (nSPS) is 13.3. The van der Waals surface area contributed by atoms with Crippen molar-refractivity contribution >= 4 is 51.4 Å². The molecule has 0 unspecified atom stereocenters. The molecule has 0 saturated heterocycles. The molecule has 0 radical (unpaired) electrons. The summed E-state index contributed by atoms with van der Waals surface area (Å²) in [7, 11) is 0.850. The predicted molar refractivity (Wildman–Crippen MR) is 231 cm³/mol. The smallest absolute Gasteiger partial charge is 0.198 e. The van der Waals surface area contributed by atoms with Gasteiger partial charge in [0, 0.05) is 44.3 Å². The summed E-state index contributed by atoms with van der Waals surface area (Å²) >= 11 is 0. The number of aromatic nitrogens is 1. The van der Waals surface area contributed by atoms with Gasteiger partial charge in [0.25, 0.3) is 0 Å². The molecule has 0 fully saturated rings. The van der Waals surface area contributed by atoms with Crippen molar-refractivity contribution in [1.82, 2.24) is 4.57 Å². The second kappa shape index (κ2) is 11.7. The molecule has 254 valence electrons. The van der Waals surface area contributed by atoms with Crippen LogP contribution in [-0.4, -0.2) is 11.8 Å². The Morgan fingerprint density at radius 3 is 1.98 bits per heavy atom. The Morgan fingerprint density at radius 2 is 1.15 bits per heavy atom. The van der Waals surface area contributed by atoms with Gasteiger partial charge in [-0.15, -0.1) is 0 Å². The maximum atomic E-state index is 3.93. The van der Waals surface area contributed by atoms with Gasteiger partial charge in [0.1, 0.15) is 0 Å². The van der Waals surface area contributed by atoms with Gasteiger partial charge < -0.3 is 9.88 Å². The van der Waals surface area contributed by atoms with Gasteiger partial charge in [-0.25, -0.2) is 0 Å². The van der Waals surface area contributed by atoms with Gasteiger partial charge in [0.2, 0.25) is 0 Å². The van der Waals surface area contributed by atoms with E-state index in [1.807, 2.05) is 0 Å². The van der Waals surface area contributed by atoms with Crippen molar-refractivity contribution in [1.29, 1.82) is 0 Å². The highest BCUT2D eigenvalue weighted by molar-refractivity contribution is 6.73. The van der Waals surface area contributed by atoms with Gasteiger partial charge >= 0.3 is 0 Å². The number of nitrogens with one attached hydrogen (secondary N) is 1. The van der Waals surface area contributed by atoms with Crippen LogP contribution in [0, 0.1) is 0 Å². The summed E-state index contributed by atoms with van der Waals surface area (Å²) < 4.78 is 2.55. The first-order valence-electron chi connectivity index (χ1n) is 19.0. The first kappa shape index (κ1) is 31.0. The van der Waals surface area contributed by atoms with Gasteiger partial charge in [-0.3, -0.25) is 0 Å². The molecule has 9 aromatic rings. The Hall–Kier alpha value is -6.58. The Kier molecular flexibility index (Phi) is 6.72. The summed E-state index contributed by atoms with van der Waals surface area (Å²) in [4.78, 5) is 0. The van der Waals surface area contributed by atoms with Crippen molar-refractivity contribution in [2.45, 2.75) is 19.3 Å². The number of anilines is 2. The zero-order valence-electron chi connectivity index (χ0n) is 30.4. The number of para-hydroxylation sites is 3. The number of nitrogens with zero attached hydrogens (tertiary/aromatic N) is 1. The molecule has 2 aliphatic rings. The fourth-order valence-electron chi connectivity index (χ4n) is 9.52. The van der Waals surface area contributed by atoms with E-state index in [0.717, 1.165) is 18.7 Å². The lowest BCUT2D eigenvalue weighted by Crippen LogP contribution is -2.37. The highest BCUT2D eigenvalue weighted by Gasteiger charge is 2.37. The number of hydrogen-bond acceptors (Lipinski definition) is 1. The highest BCUT2D eigenvalue weighted by Crippen LogP contribution is 2.52. The van der Waals surface area contributed by atoms with Crippen molar-refractivity contribution in [3.63, 3.8) is 0 Å². The zero-order chi connectivity index (χ0) is 36.0. The molecule has 0 amide bonds. The minimum absolute atomic E-state index is 0.124. The molecule has 1 N–H and O–H groups in total. The Bertz CT molecular complexity index is 2950. The zero-order valence-corrected chi connectivity index (χ0v) is 30.4. The molecule has 3 heteroatoms. The maximum absolute atomic E-state index is 3.93. The van der Waals surface area contributed by atoms with E-state index in [1.54, 1.807) is 0 Å². The summed E-state index contributed by atoms with van der Waals surface area (Å²) in [6.45, 7) is 4.74. The van der Waals surface area contributed by atoms with Crippen LogP contribution in [0.4, 0.5) is 11.4 Å². The molecule has 54 heavy (non-hydrogen) atoms. The van der Waals surface area contributed by atoms with E-state index in [0.29, 0.717) is 0 Å². The lowest BCUT2D eigenvalue weighted by Gasteiger charge is -2.27. The van der Waals surface area contributed by atoms with Gasteiger partial charge in [-0.2, -0.15) is 0 Å².